The molecule has 1 amide bonds. The molecule has 3 heterocycles. The minimum atomic E-state index is -0.624. The summed E-state index contributed by atoms with van der Waals surface area (Å²) in [5.41, 5.74) is 0.312. The molecule has 1 N–H and O–H groups in total. The summed E-state index contributed by atoms with van der Waals surface area (Å²) >= 11 is 11.9. The van der Waals surface area contributed by atoms with Crippen LogP contribution >= 0.6 is 23.2 Å². The Morgan fingerprint density at radius 1 is 0.968 bits per heavy atom. The molecule has 4 rings (SSSR count). The molecule has 1 aromatic carbocycles. The number of carbonyl (C=O) groups excluding carboxylic acids is 1. The second kappa shape index (κ2) is 8.71. The Balaban J connectivity index is 1.75. The second-order valence-corrected chi connectivity index (χ2v) is 7.57. The number of benzene rings is 1. The highest BCUT2D eigenvalue weighted by molar-refractivity contribution is 6.35. The Bertz CT molecular complexity index is 1380. The Morgan fingerprint density at radius 3 is 2.39 bits per heavy atom. The van der Waals surface area contributed by atoms with Crippen LogP contribution in [0.15, 0.2) is 70.6 Å². The van der Waals surface area contributed by atoms with Gasteiger partial charge in [-0.05, 0) is 48.0 Å². The number of hydrogen-bond acceptors (Lipinski definition) is 5. The summed E-state index contributed by atoms with van der Waals surface area (Å²) in [6.07, 6.45) is 4.60. The van der Waals surface area contributed by atoms with E-state index in [1.807, 2.05) is 0 Å². The predicted molar refractivity (Wildman–Crippen MR) is 119 cm³/mol. The lowest BCUT2D eigenvalue weighted by Crippen LogP contribution is -2.42. The summed E-state index contributed by atoms with van der Waals surface area (Å²) in [5, 5.41) is 3.39. The smallest absolute Gasteiger partial charge is 0.324 e. The molecule has 0 atom stereocenters. The number of nitrogens with zero attached hydrogens (tertiary/aromatic N) is 4. The van der Waals surface area contributed by atoms with Crippen molar-refractivity contribution in [2.45, 2.75) is 13.1 Å². The van der Waals surface area contributed by atoms with Gasteiger partial charge >= 0.3 is 5.69 Å². The topological polar surface area (TPSA) is 98.9 Å². The maximum absolute atomic E-state index is 13.2. The zero-order valence-corrected chi connectivity index (χ0v) is 17.5. The lowest BCUT2D eigenvalue weighted by molar-refractivity contribution is -0.116. The summed E-state index contributed by atoms with van der Waals surface area (Å²) in [7, 11) is 0. The van der Waals surface area contributed by atoms with Crippen LogP contribution in [0.2, 0.25) is 10.0 Å². The fourth-order valence-electron chi connectivity index (χ4n) is 3.18. The molecule has 0 saturated carbocycles. The van der Waals surface area contributed by atoms with E-state index in [1.165, 1.54) is 29.0 Å². The van der Waals surface area contributed by atoms with Gasteiger partial charge in [0.2, 0.25) is 5.91 Å². The number of anilines is 1. The Hall–Kier alpha value is -3.49. The van der Waals surface area contributed by atoms with E-state index >= 15 is 0 Å². The number of pyridine rings is 2. The van der Waals surface area contributed by atoms with Crippen LogP contribution in [-0.4, -0.2) is 25.0 Å². The molecule has 0 aliphatic rings. The van der Waals surface area contributed by atoms with Crippen LogP contribution < -0.4 is 16.6 Å². The summed E-state index contributed by atoms with van der Waals surface area (Å²) in [6.45, 7) is -0.306. The van der Waals surface area contributed by atoms with Crippen molar-refractivity contribution < 1.29 is 4.79 Å². The third kappa shape index (κ3) is 4.50. The molecule has 0 bridgehead atoms. The van der Waals surface area contributed by atoms with Crippen LogP contribution in [0.3, 0.4) is 0 Å². The van der Waals surface area contributed by atoms with E-state index in [2.05, 4.69) is 15.3 Å². The molecule has 0 aliphatic carbocycles. The number of amides is 1. The van der Waals surface area contributed by atoms with Gasteiger partial charge < -0.3 is 5.32 Å². The van der Waals surface area contributed by atoms with Crippen molar-refractivity contribution in [3.05, 3.63) is 97.5 Å². The van der Waals surface area contributed by atoms with Crippen LogP contribution in [0.25, 0.3) is 11.0 Å². The molecule has 0 radical (unpaired) electrons. The zero-order valence-electron chi connectivity index (χ0n) is 16.0. The van der Waals surface area contributed by atoms with Gasteiger partial charge in [-0.25, -0.2) is 9.78 Å². The van der Waals surface area contributed by atoms with Crippen molar-refractivity contribution in [1.82, 2.24) is 19.1 Å². The van der Waals surface area contributed by atoms with E-state index in [1.54, 1.807) is 36.7 Å². The molecule has 0 fully saturated rings. The summed E-state index contributed by atoms with van der Waals surface area (Å²) in [4.78, 5) is 46.8. The second-order valence-electron chi connectivity index (χ2n) is 6.69. The first-order chi connectivity index (χ1) is 14.9. The maximum Gasteiger partial charge on any atom is 0.332 e. The van der Waals surface area contributed by atoms with Crippen LogP contribution in [0.4, 0.5) is 5.69 Å². The van der Waals surface area contributed by atoms with Gasteiger partial charge in [-0.3, -0.25) is 23.7 Å². The minimum absolute atomic E-state index is 0.0260. The highest BCUT2D eigenvalue weighted by Gasteiger charge is 2.16. The van der Waals surface area contributed by atoms with Crippen LogP contribution in [-0.2, 0) is 17.9 Å². The van der Waals surface area contributed by atoms with Crippen LogP contribution in [0, 0.1) is 0 Å². The SMILES string of the molecule is O=C(Cn1c(=O)n(Cc2ccncc2)c(=O)c2ncccc21)Nc1cc(Cl)cc(Cl)c1. The number of nitrogens with one attached hydrogen (secondary N) is 1. The number of carbonyl (C=O) groups is 1. The Morgan fingerprint density at radius 2 is 1.68 bits per heavy atom. The Labute approximate surface area is 185 Å². The average Bonchev–Trinajstić information content (AvgIpc) is 2.74. The first-order valence-corrected chi connectivity index (χ1v) is 9.91. The van der Waals surface area contributed by atoms with Crippen LogP contribution in [0.1, 0.15) is 5.56 Å². The van der Waals surface area contributed by atoms with Gasteiger partial charge in [0.25, 0.3) is 5.56 Å². The lowest BCUT2D eigenvalue weighted by Gasteiger charge is -2.14. The quantitative estimate of drug-likeness (QED) is 0.498. The van der Waals surface area contributed by atoms with Gasteiger partial charge in [-0.15, -0.1) is 0 Å². The van der Waals surface area contributed by atoms with E-state index in [9.17, 15) is 14.4 Å². The Kier molecular flexibility index (Phi) is 5.83. The number of fused-ring (bicyclic) bond motifs is 1. The van der Waals surface area contributed by atoms with Gasteiger partial charge in [0.05, 0.1) is 12.1 Å². The number of aromatic nitrogens is 4. The van der Waals surface area contributed by atoms with Crippen molar-refractivity contribution in [3.8, 4) is 0 Å². The van der Waals surface area contributed by atoms with Gasteiger partial charge in [0, 0.05) is 34.3 Å². The van der Waals surface area contributed by atoms with Crippen molar-refractivity contribution >= 4 is 45.8 Å². The highest BCUT2D eigenvalue weighted by atomic mass is 35.5. The maximum atomic E-state index is 13.2. The van der Waals surface area contributed by atoms with Crippen molar-refractivity contribution in [2.75, 3.05) is 5.32 Å². The molecule has 0 unspecified atom stereocenters. The van der Waals surface area contributed by atoms with E-state index in [-0.39, 0.29) is 24.1 Å². The summed E-state index contributed by atoms with van der Waals surface area (Å²) < 4.78 is 2.26. The number of hydrogen-bond donors (Lipinski definition) is 1. The zero-order chi connectivity index (χ0) is 22.0. The first kappa shape index (κ1) is 20.8. The van der Waals surface area contributed by atoms with Crippen molar-refractivity contribution in [1.29, 1.82) is 0 Å². The molecule has 4 aromatic rings. The third-order valence-corrected chi connectivity index (χ3v) is 4.96. The van der Waals surface area contributed by atoms with Gasteiger partial charge in [-0.1, -0.05) is 23.2 Å². The van der Waals surface area contributed by atoms with Crippen molar-refractivity contribution in [2.24, 2.45) is 0 Å². The highest BCUT2D eigenvalue weighted by Crippen LogP contribution is 2.22. The van der Waals surface area contributed by atoms with Gasteiger partial charge in [0.1, 0.15) is 6.54 Å². The van der Waals surface area contributed by atoms with Gasteiger partial charge in [0.15, 0.2) is 5.52 Å². The first-order valence-electron chi connectivity index (χ1n) is 9.15. The predicted octanol–water partition coefficient (Wildman–Crippen LogP) is 2.95. The third-order valence-electron chi connectivity index (χ3n) is 4.52. The van der Waals surface area contributed by atoms with Gasteiger partial charge in [-0.2, -0.15) is 0 Å². The van der Waals surface area contributed by atoms with E-state index in [0.29, 0.717) is 21.3 Å². The van der Waals surface area contributed by atoms with E-state index in [0.717, 1.165) is 4.57 Å². The molecule has 0 spiro atoms. The van der Waals surface area contributed by atoms with Crippen LogP contribution in [0.5, 0.6) is 0 Å². The molecule has 10 heteroatoms. The number of halogens is 2. The molecule has 0 saturated heterocycles. The molecular weight excluding hydrogens is 441 g/mol. The fourth-order valence-corrected chi connectivity index (χ4v) is 3.70. The molecule has 8 nitrogen and oxygen atoms in total. The standard InChI is InChI=1S/C21H15Cl2N5O3/c22-14-8-15(23)10-16(9-14)26-18(29)12-27-17-2-1-5-25-19(17)20(30)28(21(27)31)11-13-3-6-24-7-4-13/h1-10H,11-12H2,(H,26,29). The normalized spacial score (nSPS) is 10.9. The summed E-state index contributed by atoms with van der Waals surface area (Å²) in [6, 6.07) is 11.2. The largest absolute Gasteiger partial charge is 0.332 e. The number of rotatable bonds is 5. The van der Waals surface area contributed by atoms with E-state index < -0.39 is 17.2 Å². The average molecular weight is 456 g/mol. The molecule has 31 heavy (non-hydrogen) atoms. The molecule has 0 aliphatic heterocycles. The molecular formula is C21H15Cl2N5O3. The van der Waals surface area contributed by atoms with E-state index in [4.69, 9.17) is 23.2 Å². The minimum Gasteiger partial charge on any atom is -0.324 e. The fraction of sp³-hybridized carbons (Fsp3) is 0.0952. The van der Waals surface area contributed by atoms with Crippen molar-refractivity contribution in [3.63, 3.8) is 0 Å². The lowest BCUT2D eigenvalue weighted by atomic mass is 10.2. The summed E-state index contributed by atoms with van der Waals surface area (Å²) in [5.74, 6) is -0.486. The monoisotopic (exact) mass is 455 g/mol. The molecule has 156 valence electrons. The molecule has 3 aromatic heterocycles.